The van der Waals surface area contributed by atoms with E-state index in [4.69, 9.17) is 10.5 Å². The van der Waals surface area contributed by atoms with Crippen molar-refractivity contribution in [3.05, 3.63) is 36.5 Å². The van der Waals surface area contributed by atoms with Gasteiger partial charge in [-0.1, -0.05) is 140 Å². The second-order valence-electron chi connectivity index (χ2n) is 43.3. The highest BCUT2D eigenvalue weighted by Gasteiger charge is 2.76. The molecule has 10 heteroatoms. The summed E-state index contributed by atoms with van der Waals surface area (Å²) in [6, 6.07) is 0. The van der Waals surface area contributed by atoms with Gasteiger partial charge in [0.15, 0.2) is 0 Å². The Morgan fingerprint density at radius 2 is 0.725 bits per heavy atom. The van der Waals surface area contributed by atoms with Crippen molar-refractivity contribution >= 4 is 38.2 Å². The topological polar surface area (TPSA) is 166 Å². The minimum absolute atomic E-state index is 0.0999. The van der Waals surface area contributed by atoms with Gasteiger partial charge in [0.05, 0.1) is 5.41 Å². The van der Waals surface area contributed by atoms with E-state index in [0.717, 1.165) is 105 Å². The number of aliphatic hydroxyl groups excluding tert-OH is 1. The fraction of sp³-hybridized carbons (Fsp3) is 0.880. The van der Waals surface area contributed by atoms with Crippen LogP contribution < -0.4 is 0 Å². The standard InChI is InChI=1S/C30H46O3.C30H48O2.C30H46O2.C2H7P.H2O2/c1-18(2)19-10-15-30(25(32)33)17-16-28(6)20(24(19)30)8-9-22-27(5)13-12-23(31)26(3,4)21(27)11-14-29(22,28)7;2*1-19(2)20-10-15-30(18-31)17-16-28(6)21(25(20)30)8-9-23-27(5)13-12-24(32)26(3,4)22(27)11-14-29(23,28)7;1-3-2;1-2/h19-22,24H,1,8-17H2,2-7H3,(H,32,33);20-23,25,31H,1,8-18H2,2-7H3;18,20-23,25H,1,8-17H2,2-7H3;3H,1-2H3;1-2H/t19?,20-,21+,22-,24?,27+,28-,29-,30?;2*20?,21-,22+,23-,25?,27+,28-,29-,30?;;/m111../s1. The molecular weight excluding hydrogens is 1280 g/mol. The molecule has 0 amide bonds. The molecule has 0 aromatic carbocycles. The van der Waals surface area contributed by atoms with Crippen molar-refractivity contribution in [1.82, 2.24) is 0 Å². The quantitative estimate of drug-likeness (QED) is 0.0666. The lowest BCUT2D eigenvalue weighted by Gasteiger charge is -2.72. The first kappa shape index (κ1) is 80.7. The molecule has 0 bridgehead atoms. The van der Waals surface area contributed by atoms with Gasteiger partial charge in [-0.3, -0.25) is 29.7 Å². The molecule has 0 aromatic heterocycles. The van der Waals surface area contributed by atoms with Crippen LogP contribution in [0.3, 0.4) is 0 Å². The molecule has 0 heterocycles. The molecule has 15 fully saturated rings. The molecule has 9 unspecified atom stereocenters. The average molecular weight is 1430 g/mol. The molecule has 15 aliphatic rings. The number of hydrogen-bond acceptors (Lipinski definition) is 8. The molecule has 15 aliphatic carbocycles. The van der Waals surface area contributed by atoms with E-state index < -0.39 is 11.4 Å². The Bertz CT molecular complexity index is 3290. The van der Waals surface area contributed by atoms with Crippen LogP contribution in [0.15, 0.2) is 36.5 Å². The van der Waals surface area contributed by atoms with Gasteiger partial charge in [-0.2, -0.15) is 0 Å². The lowest BCUT2D eigenvalue weighted by molar-refractivity contribution is -0.236. The maximum Gasteiger partial charge on any atom is 0.309 e. The molecule has 0 saturated heterocycles. The number of aliphatic hydroxyl groups is 1. The molecule has 102 heavy (non-hydrogen) atoms. The molecular formula is C92H149O9P. The van der Waals surface area contributed by atoms with E-state index in [2.05, 4.69) is 158 Å². The van der Waals surface area contributed by atoms with Crippen LogP contribution >= 0.6 is 8.58 Å². The fourth-order valence-electron chi connectivity index (χ4n) is 33.9. The number of carboxylic acids is 1. The number of allylic oxidation sites excluding steroid dienone is 3. The Kier molecular flexibility index (Phi) is 21.4. The number of Topliss-reactive ketones (excluding diaryl/α,β-unsaturated/α-hetero) is 3. The number of fused-ring (bicyclic) bond motifs is 21. The third-order valence-electron chi connectivity index (χ3n) is 39.7. The molecule has 0 aromatic rings. The first-order chi connectivity index (χ1) is 47.4. The Morgan fingerprint density at radius 3 is 1.09 bits per heavy atom. The number of hydrogen-bond donors (Lipinski definition) is 4. The highest BCUT2D eigenvalue weighted by atomic mass is 31.1. The Hall–Kier alpha value is -2.32. The van der Waals surface area contributed by atoms with Crippen molar-refractivity contribution in [3.8, 4) is 0 Å². The Labute approximate surface area is 623 Å². The van der Waals surface area contributed by atoms with Gasteiger partial charge in [-0.15, -0.1) is 8.58 Å². The van der Waals surface area contributed by atoms with E-state index >= 15 is 0 Å². The minimum Gasteiger partial charge on any atom is -0.481 e. The second kappa shape index (κ2) is 27.0. The fourth-order valence-corrected chi connectivity index (χ4v) is 33.9. The van der Waals surface area contributed by atoms with Crippen molar-refractivity contribution in [2.45, 2.75) is 317 Å². The van der Waals surface area contributed by atoms with Crippen LogP contribution in [-0.2, 0) is 24.0 Å². The van der Waals surface area contributed by atoms with Gasteiger partial charge in [-0.05, 0) is 350 Å². The first-order valence-electron chi connectivity index (χ1n) is 42.1. The lowest BCUT2D eigenvalue weighted by Crippen LogP contribution is -2.66. The summed E-state index contributed by atoms with van der Waals surface area (Å²) < 4.78 is 0. The maximum atomic E-state index is 12.9. The highest BCUT2D eigenvalue weighted by Crippen LogP contribution is 2.82. The second-order valence-corrected chi connectivity index (χ2v) is 44.3. The van der Waals surface area contributed by atoms with Crippen molar-refractivity contribution in [1.29, 1.82) is 0 Å². The van der Waals surface area contributed by atoms with E-state index in [9.17, 15) is 34.2 Å². The van der Waals surface area contributed by atoms with Gasteiger partial charge < -0.3 is 15.0 Å². The van der Waals surface area contributed by atoms with E-state index in [-0.39, 0.29) is 65.5 Å². The van der Waals surface area contributed by atoms with Gasteiger partial charge in [0.25, 0.3) is 0 Å². The third-order valence-corrected chi connectivity index (χ3v) is 39.7. The van der Waals surface area contributed by atoms with Gasteiger partial charge in [0, 0.05) is 47.5 Å². The smallest absolute Gasteiger partial charge is 0.309 e. The third kappa shape index (κ3) is 11.0. The summed E-state index contributed by atoms with van der Waals surface area (Å²) in [6.07, 6.45) is 34.7. The molecule has 9 nitrogen and oxygen atoms in total. The van der Waals surface area contributed by atoms with Gasteiger partial charge >= 0.3 is 5.97 Å². The summed E-state index contributed by atoms with van der Waals surface area (Å²) in [5.41, 5.74) is 5.17. The molecule has 576 valence electrons. The molecule has 0 radical (unpaired) electrons. The van der Waals surface area contributed by atoms with Crippen LogP contribution in [0.25, 0.3) is 0 Å². The molecule has 4 N–H and O–H groups in total. The number of carboxylic acid groups (broad SMARTS) is 1. The van der Waals surface area contributed by atoms with Crippen LogP contribution in [0.1, 0.15) is 317 Å². The summed E-state index contributed by atoms with van der Waals surface area (Å²) in [5, 5.41) is 33.1. The van der Waals surface area contributed by atoms with E-state index in [1.165, 1.54) is 119 Å². The van der Waals surface area contributed by atoms with E-state index in [0.29, 0.717) is 123 Å². The van der Waals surface area contributed by atoms with Crippen molar-refractivity contribution in [3.63, 3.8) is 0 Å². The zero-order valence-corrected chi connectivity index (χ0v) is 69.6. The van der Waals surface area contributed by atoms with Crippen molar-refractivity contribution in [2.24, 2.45) is 170 Å². The highest BCUT2D eigenvalue weighted by molar-refractivity contribution is 7.35. The largest absolute Gasteiger partial charge is 0.481 e. The van der Waals surface area contributed by atoms with Crippen LogP contribution in [0.5, 0.6) is 0 Å². The van der Waals surface area contributed by atoms with Crippen LogP contribution in [0.2, 0.25) is 0 Å². The summed E-state index contributed by atoms with van der Waals surface area (Å²) in [6.45, 7) is 61.2. The zero-order chi connectivity index (χ0) is 75.5. The monoisotopic (exact) mass is 1430 g/mol. The molecule has 15 saturated carbocycles. The average Bonchev–Trinajstić information content (AvgIpc) is 1.09. The Balaban J connectivity index is 0.000000149. The normalized spacial score (nSPS) is 51.3. The van der Waals surface area contributed by atoms with Gasteiger partial charge in [0.2, 0.25) is 0 Å². The number of aldehydes is 1. The van der Waals surface area contributed by atoms with Gasteiger partial charge in [-0.25, -0.2) is 0 Å². The zero-order valence-electron chi connectivity index (χ0n) is 68.6. The molecule has 0 spiro atoms. The van der Waals surface area contributed by atoms with Crippen LogP contribution in [0, 0.1) is 170 Å². The lowest BCUT2D eigenvalue weighted by atomic mass is 9.32. The summed E-state index contributed by atoms with van der Waals surface area (Å²) in [5.74, 6) is 9.05. The summed E-state index contributed by atoms with van der Waals surface area (Å²) in [7, 11) is 1.08. The predicted octanol–water partition coefficient (Wildman–Crippen LogP) is 22.9. The maximum absolute atomic E-state index is 12.9. The van der Waals surface area contributed by atoms with Crippen LogP contribution in [-0.4, -0.2) is 70.3 Å². The molecule has 15 rings (SSSR count). The first-order valence-corrected chi connectivity index (χ1v) is 44.1. The van der Waals surface area contributed by atoms with Crippen molar-refractivity contribution < 1.29 is 44.7 Å². The number of carbonyl (C=O) groups excluding carboxylic acids is 4. The van der Waals surface area contributed by atoms with Crippen molar-refractivity contribution in [2.75, 3.05) is 19.9 Å². The van der Waals surface area contributed by atoms with E-state index in [1.807, 2.05) is 0 Å². The number of ketones is 3. The number of rotatable bonds is 6. The number of aliphatic carboxylic acids is 1. The summed E-state index contributed by atoms with van der Waals surface area (Å²) >= 11 is 0. The molecule has 27 atom stereocenters. The number of carbonyl (C=O) groups is 5. The predicted molar refractivity (Wildman–Crippen MR) is 418 cm³/mol. The summed E-state index contributed by atoms with van der Waals surface area (Å²) in [4.78, 5) is 64.0. The molecule has 0 aliphatic heterocycles. The Morgan fingerprint density at radius 1 is 0.402 bits per heavy atom. The van der Waals surface area contributed by atoms with Crippen LogP contribution in [0.4, 0.5) is 0 Å². The SMILES string of the molecule is C=C(C)C1CCC2(C(=O)O)CC[C@]3(C)[C@H](CC[C@@H]4[C@@]5(C)CCC(=O)C(C)(C)[C@@H]5CC[C@]43C)C12.C=C(C)C1CCC2(C=O)CC[C@]3(C)[C@H](CC[C@@H]4[C@@]5(C)CCC(=O)C(C)(C)[C@@H]5CC[C@]43C)C12.C=C(C)C1CCC2(CO)CC[C@]3(C)[C@H](CC[C@@H]4[C@@]5(C)CCC(=O)C(C)(C)[C@@H]5CC[C@]43C)C12.CPC.OO. The minimum atomic E-state index is -0.547. The van der Waals surface area contributed by atoms with E-state index in [1.54, 1.807) is 0 Å². The van der Waals surface area contributed by atoms with Gasteiger partial charge in [0.1, 0.15) is 23.6 Å².